The Morgan fingerprint density at radius 3 is 2.35 bits per heavy atom. The van der Waals surface area contributed by atoms with Crippen LogP contribution in [0.15, 0.2) is 0 Å². The van der Waals surface area contributed by atoms with Gasteiger partial charge in [0.25, 0.3) is 0 Å². The fourth-order valence-corrected chi connectivity index (χ4v) is 3.03. The summed E-state index contributed by atoms with van der Waals surface area (Å²) in [6, 6.07) is 0. The first-order valence-corrected chi connectivity index (χ1v) is 7.23. The van der Waals surface area contributed by atoms with Crippen LogP contribution in [0.25, 0.3) is 0 Å². The van der Waals surface area contributed by atoms with E-state index in [0.29, 0.717) is 16.8 Å². The lowest BCUT2D eigenvalue weighted by molar-refractivity contribution is 0.0599. The first kappa shape index (κ1) is 13.3. The van der Waals surface area contributed by atoms with Gasteiger partial charge in [0.15, 0.2) is 5.82 Å². The highest BCUT2D eigenvalue weighted by molar-refractivity contribution is 5.96. The summed E-state index contributed by atoms with van der Waals surface area (Å²) in [4.78, 5) is 14.3. The van der Waals surface area contributed by atoms with Gasteiger partial charge >= 0.3 is 5.97 Å². The fraction of sp³-hybridized carbons (Fsp3) is 0.667. The minimum atomic E-state index is -0.317. The molecule has 3 rings (SSSR count). The molecule has 2 fully saturated rings. The van der Waals surface area contributed by atoms with Crippen LogP contribution >= 0.6 is 0 Å². The Morgan fingerprint density at radius 2 is 1.80 bits per heavy atom. The zero-order valence-corrected chi connectivity index (χ0v) is 12.4. The molecule has 1 aliphatic carbocycles. The highest BCUT2D eigenvalue weighted by atomic mass is 16.5. The molecule has 20 heavy (non-hydrogen) atoms. The molecule has 5 nitrogen and oxygen atoms in total. The summed E-state index contributed by atoms with van der Waals surface area (Å²) in [7, 11) is 1.41. The Bertz CT molecular complexity index is 542. The zero-order chi connectivity index (χ0) is 14.3. The Labute approximate surface area is 119 Å². The molecule has 1 saturated heterocycles. The first-order chi connectivity index (χ1) is 9.56. The maximum Gasteiger partial charge on any atom is 0.342 e. The third kappa shape index (κ3) is 2.15. The summed E-state index contributed by atoms with van der Waals surface area (Å²) >= 11 is 0. The normalized spacial score (nSPS) is 20.1. The first-order valence-electron chi connectivity index (χ1n) is 7.23. The highest BCUT2D eigenvalue weighted by Crippen LogP contribution is 2.53. The number of hydrogen-bond acceptors (Lipinski definition) is 5. The van der Waals surface area contributed by atoms with Gasteiger partial charge in [0.05, 0.1) is 12.8 Å². The van der Waals surface area contributed by atoms with E-state index in [1.54, 1.807) is 0 Å². The van der Waals surface area contributed by atoms with Crippen LogP contribution in [0.4, 0.5) is 5.82 Å². The average molecular weight is 275 g/mol. The van der Waals surface area contributed by atoms with E-state index in [4.69, 9.17) is 4.74 Å². The molecule has 0 unspecified atom stereocenters. The standard InChI is InChI=1S/C15H21N3O2/c1-10-11(2)16-17-13(12(10)14(19)20-3)18-8-6-15(4-5-15)7-9-18/h4-9H2,1-3H3. The van der Waals surface area contributed by atoms with E-state index in [2.05, 4.69) is 15.1 Å². The van der Waals surface area contributed by atoms with E-state index in [-0.39, 0.29) is 5.97 Å². The summed E-state index contributed by atoms with van der Waals surface area (Å²) in [5.41, 5.74) is 2.83. The SMILES string of the molecule is COC(=O)c1c(N2CCC3(CC2)CC3)nnc(C)c1C. The van der Waals surface area contributed by atoms with E-state index >= 15 is 0 Å². The summed E-state index contributed by atoms with van der Waals surface area (Å²) in [5.74, 6) is 0.373. The molecule has 0 aromatic carbocycles. The predicted molar refractivity (Wildman–Crippen MR) is 76.0 cm³/mol. The monoisotopic (exact) mass is 275 g/mol. The smallest absolute Gasteiger partial charge is 0.342 e. The second-order valence-electron chi connectivity index (χ2n) is 6.09. The van der Waals surface area contributed by atoms with E-state index < -0.39 is 0 Å². The molecule has 1 aromatic rings. The van der Waals surface area contributed by atoms with Gasteiger partial charge in [-0.25, -0.2) is 4.79 Å². The number of anilines is 1. The topological polar surface area (TPSA) is 55.3 Å². The van der Waals surface area contributed by atoms with Gasteiger partial charge in [-0.1, -0.05) is 0 Å². The maximum atomic E-state index is 12.1. The lowest BCUT2D eigenvalue weighted by Crippen LogP contribution is -2.36. The van der Waals surface area contributed by atoms with Crippen LogP contribution in [0.5, 0.6) is 0 Å². The number of methoxy groups -OCH3 is 1. The van der Waals surface area contributed by atoms with Crippen molar-refractivity contribution in [2.24, 2.45) is 5.41 Å². The number of carbonyl (C=O) groups is 1. The van der Waals surface area contributed by atoms with Gasteiger partial charge < -0.3 is 9.64 Å². The molecule has 108 valence electrons. The van der Waals surface area contributed by atoms with E-state index in [1.807, 2.05) is 13.8 Å². The van der Waals surface area contributed by atoms with Crippen molar-refractivity contribution in [3.8, 4) is 0 Å². The van der Waals surface area contributed by atoms with Crippen molar-refractivity contribution in [1.82, 2.24) is 10.2 Å². The van der Waals surface area contributed by atoms with Gasteiger partial charge in [-0.3, -0.25) is 0 Å². The lowest BCUT2D eigenvalue weighted by atomic mass is 9.93. The maximum absolute atomic E-state index is 12.1. The number of aryl methyl sites for hydroxylation is 1. The fourth-order valence-electron chi connectivity index (χ4n) is 3.03. The summed E-state index contributed by atoms with van der Waals surface area (Å²) in [6.45, 7) is 5.70. The quantitative estimate of drug-likeness (QED) is 0.775. The minimum Gasteiger partial charge on any atom is -0.465 e. The van der Waals surface area contributed by atoms with Crippen LogP contribution in [0, 0.1) is 19.3 Å². The third-order valence-corrected chi connectivity index (χ3v) is 4.91. The average Bonchev–Trinajstić information content (AvgIpc) is 3.21. The molecule has 1 spiro atoms. The molecule has 1 aromatic heterocycles. The van der Waals surface area contributed by atoms with Crippen LogP contribution in [-0.2, 0) is 4.74 Å². The third-order valence-electron chi connectivity index (χ3n) is 4.91. The van der Waals surface area contributed by atoms with Gasteiger partial charge in [-0.15, -0.1) is 5.10 Å². The molecular weight excluding hydrogens is 254 g/mol. The number of piperidine rings is 1. The van der Waals surface area contributed by atoms with Gasteiger partial charge in [-0.05, 0) is 50.5 Å². The van der Waals surface area contributed by atoms with E-state index in [1.165, 1.54) is 32.8 Å². The molecule has 0 radical (unpaired) electrons. The number of esters is 1. The van der Waals surface area contributed by atoms with Crippen LogP contribution in [0.2, 0.25) is 0 Å². The van der Waals surface area contributed by atoms with Crippen molar-refractivity contribution >= 4 is 11.8 Å². The number of carbonyl (C=O) groups excluding carboxylic acids is 1. The van der Waals surface area contributed by atoms with Gasteiger partial charge in [-0.2, -0.15) is 5.10 Å². The van der Waals surface area contributed by atoms with Crippen LogP contribution in [0.3, 0.4) is 0 Å². The number of hydrogen-bond donors (Lipinski definition) is 0. The van der Waals surface area contributed by atoms with Crippen molar-refractivity contribution in [3.05, 3.63) is 16.8 Å². The Kier molecular flexibility index (Phi) is 3.15. The van der Waals surface area contributed by atoms with Crippen molar-refractivity contribution in [3.63, 3.8) is 0 Å². The molecular formula is C15H21N3O2. The molecule has 0 atom stereocenters. The van der Waals surface area contributed by atoms with Crippen molar-refractivity contribution in [2.75, 3.05) is 25.1 Å². The van der Waals surface area contributed by atoms with Crippen molar-refractivity contribution in [1.29, 1.82) is 0 Å². The molecule has 2 aliphatic rings. The Hall–Kier alpha value is -1.65. The van der Waals surface area contributed by atoms with Gasteiger partial charge in [0, 0.05) is 13.1 Å². The molecule has 0 N–H and O–H groups in total. The Balaban J connectivity index is 1.92. The number of nitrogens with zero attached hydrogens (tertiary/aromatic N) is 3. The highest BCUT2D eigenvalue weighted by Gasteiger charge is 2.45. The van der Waals surface area contributed by atoms with Crippen LogP contribution in [0.1, 0.15) is 47.3 Å². The second kappa shape index (κ2) is 4.72. The molecule has 0 amide bonds. The molecule has 1 aliphatic heterocycles. The number of aromatic nitrogens is 2. The molecule has 2 heterocycles. The minimum absolute atomic E-state index is 0.317. The molecule has 5 heteroatoms. The van der Waals surface area contributed by atoms with E-state index in [9.17, 15) is 4.79 Å². The summed E-state index contributed by atoms with van der Waals surface area (Å²) in [5, 5.41) is 8.46. The zero-order valence-electron chi connectivity index (χ0n) is 12.4. The summed E-state index contributed by atoms with van der Waals surface area (Å²) < 4.78 is 4.92. The van der Waals surface area contributed by atoms with Crippen LogP contribution in [-0.4, -0.2) is 36.4 Å². The summed E-state index contributed by atoms with van der Waals surface area (Å²) in [6.07, 6.45) is 5.12. The molecule has 1 saturated carbocycles. The Morgan fingerprint density at radius 1 is 1.15 bits per heavy atom. The number of rotatable bonds is 2. The number of ether oxygens (including phenoxy) is 1. The van der Waals surface area contributed by atoms with Gasteiger partial charge in [0.2, 0.25) is 0 Å². The van der Waals surface area contributed by atoms with Crippen LogP contribution < -0.4 is 4.90 Å². The van der Waals surface area contributed by atoms with Crippen molar-refractivity contribution < 1.29 is 9.53 Å². The largest absolute Gasteiger partial charge is 0.465 e. The second-order valence-corrected chi connectivity index (χ2v) is 6.09. The lowest BCUT2D eigenvalue weighted by Gasteiger charge is -2.33. The van der Waals surface area contributed by atoms with Crippen molar-refractivity contribution in [2.45, 2.75) is 39.5 Å². The predicted octanol–water partition coefficient (Wildman–Crippen LogP) is 2.26. The molecule has 0 bridgehead atoms. The van der Waals surface area contributed by atoms with Gasteiger partial charge in [0.1, 0.15) is 5.56 Å². The van der Waals surface area contributed by atoms with E-state index in [0.717, 1.165) is 24.3 Å².